The zero-order valence-corrected chi connectivity index (χ0v) is 6.50. The van der Waals surface area contributed by atoms with Crippen molar-refractivity contribution in [1.29, 1.82) is 0 Å². The van der Waals surface area contributed by atoms with E-state index >= 15 is 0 Å². The van der Waals surface area contributed by atoms with Crippen molar-refractivity contribution in [3.8, 4) is 0 Å². The van der Waals surface area contributed by atoms with E-state index in [1.54, 1.807) is 0 Å². The first-order valence-corrected chi connectivity index (χ1v) is 3.31. The van der Waals surface area contributed by atoms with Crippen molar-refractivity contribution in [2.45, 2.75) is 26.2 Å². The van der Waals surface area contributed by atoms with E-state index in [1.807, 2.05) is 6.92 Å². The van der Waals surface area contributed by atoms with Crippen LogP contribution < -0.4 is 0 Å². The second kappa shape index (κ2) is 5.32. The summed E-state index contributed by atoms with van der Waals surface area (Å²) in [4.78, 5) is 10.3. The van der Waals surface area contributed by atoms with Crippen molar-refractivity contribution >= 4 is 5.97 Å². The van der Waals surface area contributed by atoms with Gasteiger partial charge in [-0.1, -0.05) is 0 Å². The average Bonchev–Trinajstić information content (AvgIpc) is 1.83. The van der Waals surface area contributed by atoms with Crippen molar-refractivity contribution in [3.05, 3.63) is 0 Å². The molecule has 0 aliphatic carbocycles. The maximum absolute atomic E-state index is 10.3. The molecule has 3 heteroatoms. The van der Waals surface area contributed by atoms with E-state index in [2.05, 4.69) is 3.32 Å². The molecule has 0 N–H and O–H groups in total. The molecule has 0 radical (unpaired) electrons. The molecular weight excluding hydrogens is 140 g/mol. The van der Waals surface area contributed by atoms with Gasteiger partial charge in [0, 0.05) is 0 Å². The molecule has 0 heterocycles. The Kier molecular flexibility index (Phi) is 5.45. The van der Waals surface area contributed by atoms with Gasteiger partial charge in [-0.2, -0.15) is 0 Å². The van der Waals surface area contributed by atoms with Gasteiger partial charge in [0.05, 0.1) is 0 Å². The first-order chi connectivity index (χ1) is 3.81. The van der Waals surface area contributed by atoms with Crippen LogP contribution in [0.1, 0.15) is 26.2 Å². The van der Waals surface area contributed by atoms with Gasteiger partial charge in [0.15, 0.2) is 0 Å². The monoisotopic (exact) mass is 149 g/mol. The fourth-order valence-electron chi connectivity index (χ4n) is 0.372. The summed E-state index contributed by atoms with van der Waals surface area (Å²) in [5, 5.41) is 0. The van der Waals surface area contributed by atoms with Gasteiger partial charge in [-0.15, -0.1) is 0 Å². The van der Waals surface area contributed by atoms with Crippen LogP contribution in [-0.4, -0.2) is 5.97 Å². The van der Waals surface area contributed by atoms with Gasteiger partial charge in [0.2, 0.25) is 0 Å². The Hall–Kier alpha value is 0.184. The van der Waals surface area contributed by atoms with Crippen LogP contribution in [0.4, 0.5) is 0 Å². The maximum atomic E-state index is 10.3. The summed E-state index contributed by atoms with van der Waals surface area (Å²) < 4.78 is 4.41. The van der Waals surface area contributed by atoms with Gasteiger partial charge in [0.25, 0.3) is 0 Å². The van der Waals surface area contributed by atoms with Crippen molar-refractivity contribution in [2.75, 3.05) is 0 Å². The molecule has 0 saturated heterocycles. The number of carbonyl (C=O) groups excluding carboxylic acids is 1. The number of hydrogen-bond donors (Lipinski definition) is 0. The molecule has 0 amide bonds. The molecule has 0 unspecified atom stereocenters. The molecule has 45 valence electrons. The summed E-state index contributed by atoms with van der Waals surface area (Å²) in [6.45, 7) is 2.04. The third kappa shape index (κ3) is 4.35. The van der Waals surface area contributed by atoms with Crippen molar-refractivity contribution in [1.82, 2.24) is 0 Å². The third-order valence-electron chi connectivity index (χ3n) is 0.848. The first kappa shape index (κ1) is 8.18. The van der Waals surface area contributed by atoms with Gasteiger partial charge in [-0.25, -0.2) is 0 Å². The molecule has 0 aromatic heterocycles. The van der Waals surface area contributed by atoms with Crippen LogP contribution in [0, 0.1) is 0 Å². The Labute approximate surface area is 61.5 Å². The fraction of sp³-hybridized carbons (Fsp3) is 0.800. The van der Waals surface area contributed by atoms with Gasteiger partial charge in [0.1, 0.15) is 0 Å². The number of carbonyl (C=O) groups is 1. The first-order valence-electron chi connectivity index (χ1n) is 2.67. The zero-order valence-electron chi connectivity index (χ0n) is 4.94. The number of hydrogen-bond acceptors (Lipinski definition) is 2. The quantitative estimate of drug-likeness (QED) is 0.563. The van der Waals surface area contributed by atoms with Crippen molar-refractivity contribution in [3.63, 3.8) is 0 Å². The van der Waals surface area contributed by atoms with Gasteiger partial charge in [-0.05, 0) is 0 Å². The molecule has 0 aliphatic heterocycles. The summed E-state index contributed by atoms with van der Waals surface area (Å²) in [7, 11) is 0. The van der Waals surface area contributed by atoms with E-state index in [9.17, 15) is 4.79 Å². The minimum atomic E-state index is -0.105. The molecule has 0 aromatic rings. The van der Waals surface area contributed by atoms with Gasteiger partial charge >= 0.3 is 61.1 Å². The van der Waals surface area contributed by atoms with Crippen LogP contribution >= 0.6 is 0 Å². The van der Waals surface area contributed by atoms with E-state index in [4.69, 9.17) is 0 Å². The van der Waals surface area contributed by atoms with E-state index in [0.717, 1.165) is 12.8 Å². The van der Waals surface area contributed by atoms with Crippen LogP contribution in [0.3, 0.4) is 0 Å². The molecule has 0 spiro atoms. The molecule has 0 rings (SSSR count). The summed E-state index contributed by atoms with van der Waals surface area (Å²) >= 11 is 1.41. The van der Waals surface area contributed by atoms with E-state index in [-0.39, 0.29) is 5.97 Å². The molecule has 0 saturated carbocycles. The molecule has 8 heavy (non-hydrogen) atoms. The summed E-state index contributed by atoms with van der Waals surface area (Å²) in [5.41, 5.74) is 0. The SMILES string of the molecule is CCCCC(=O)[O][Ti]. The van der Waals surface area contributed by atoms with Crippen LogP contribution in [0.5, 0.6) is 0 Å². The predicted octanol–water partition coefficient (Wildman–Crippen LogP) is 1.18. The van der Waals surface area contributed by atoms with Crippen LogP contribution in [-0.2, 0) is 28.9 Å². The van der Waals surface area contributed by atoms with E-state index < -0.39 is 0 Å². The molecule has 0 bridgehead atoms. The van der Waals surface area contributed by atoms with E-state index in [0.29, 0.717) is 6.42 Å². The Morgan fingerprint density at radius 1 is 1.75 bits per heavy atom. The average molecular weight is 149 g/mol. The van der Waals surface area contributed by atoms with Crippen molar-refractivity contribution < 1.29 is 28.9 Å². The van der Waals surface area contributed by atoms with Crippen LogP contribution in [0.15, 0.2) is 0 Å². The van der Waals surface area contributed by atoms with E-state index in [1.165, 1.54) is 20.8 Å². The second-order valence-electron chi connectivity index (χ2n) is 1.58. The third-order valence-corrected chi connectivity index (χ3v) is 1.20. The molecular formula is C5H9O2Ti. The fourth-order valence-corrected chi connectivity index (χ4v) is 0.532. The Morgan fingerprint density at radius 2 is 2.38 bits per heavy atom. The summed E-state index contributed by atoms with van der Waals surface area (Å²) in [5.74, 6) is -0.105. The normalized spacial score (nSPS) is 8.50. The standard InChI is InChI=1S/C5H10O2.Ti/c1-2-3-4-5(6)7;/h2-4H2,1H3,(H,6,7);/q;+1/p-1. The molecule has 0 aromatic carbocycles. The topological polar surface area (TPSA) is 26.3 Å². The van der Waals surface area contributed by atoms with Gasteiger partial charge < -0.3 is 0 Å². The molecule has 2 nitrogen and oxygen atoms in total. The number of unbranched alkanes of at least 4 members (excludes halogenated alkanes) is 1. The summed E-state index contributed by atoms with van der Waals surface area (Å²) in [6, 6.07) is 0. The number of rotatable bonds is 3. The molecule has 0 atom stereocenters. The predicted molar refractivity (Wildman–Crippen MR) is 25.6 cm³/mol. The Bertz CT molecular complexity index is 72.8. The second-order valence-corrected chi connectivity index (χ2v) is 1.90. The molecule has 0 fully saturated rings. The zero-order chi connectivity index (χ0) is 6.41. The van der Waals surface area contributed by atoms with Crippen LogP contribution in [0.25, 0.3) is 0 Å². The molecule has 0 aliphatic rings. The van der Waals surface area contributed by atoms with Crippen LogP contribution in [0.2, 0.25) is 0 Å². The Morgan fingerprint density at radius 3 is 2.75 bits per heavy atom. The Balaban J connectivity index is 2.99. The van der Waals surface area contributed by atoms with Gasteiger partial charge in [-0.3, -0.25) is 0 Å². The summed E-state index contributed by atoms with van der Waals surface area (Å²) in [6.07, 6.45) is 2.55. The minimum absolute atomic E-state index is 0.105. The van der Waals surface area contributed by atoms with Crippen molar-refractivity contribution in [2.24, 2.45) is 0 Å².